The molecule has 0 atom stereocenters. The molecule has 0 aromatic heterocycles. The number of carbonyl (C=O) groups is 2. The number of nitrogens with one attached hydrogen (secondary N) is 1. The molecule has 7 heteroatoms. The molecular weight excluding hydrogens is 354 g/mol. The van der Waals surface area contributed by atoms with E-state index >= 15 is 0 Å². The molecule has 0 saturated carbocycles. The quantitative estimate of drug-likeness (QED) is 0.566. The summed E-state index contributed by atoms with van der Waals surface area (Å²) in [6, 6.07) is 12.6. The lowest BCUT2D eigenvalue weighted by Gasteiger charge is -2.08. The first-order chi connectivity index (χ1) is 12.4. The van der Waals surface area contributed by atoms with E-state index in [1.54, 1.807) is 19.1 Å². The Bertz CT molecular complexity index is 888. The minimum atomic E-state index is -3.67. The second-order valence-electron chi connectivity index (χ2n) is 5.58. The topological polar surface area (TPSA) is 89.5 Å². The van der Waals surface area contributed by atoms with E-state index in [9.17, 15) is 18.0 Å². The predicted octanol–water partition coefficient (Wildman–Crippen LogP) is 2.59. The summed E-state index contributed by atoms with van der Waals surface area (Å²) in [4.78, 5) is 24.2. The SMILES string of the molecule is CCNS(=O)(=O)c1cccc(C(=O)OCC(=O)c2ccc(CC)cc2)c1. The van der Waals surface area contributed by atoms with Gasteiger partial charge in [0.1, 0.15) is 0 Å². The number of benzene rings is 2. The Kier molecular flexibility index (Phi) is 6.65. The highest BCUT2D eigenvalue weighted by molar-refractivity contribution is 7.89. The number of ether oxygens (including phenoxy) is 1. The average molecular weight is 375 g/mol. The van der Waals surface area contributed by atoms with E-state index in [0.717, 1.165) is 12.0 Å². The van der Waals surface area contributed by atoms with Gasteiger partial charge in [-0.1, -0.05) is 44.2 Å². The number of hydrogen-bond acceptors (Lipinski definition) is 5. The van der Waals surface area contributed by atoms with E-state index in [-0.39, 0.29) is 22.8 Å². The van der Waals surface area contributed by atoms with E-state index in [4.69, 9.17) is 4.74 Å². The number of ketones is 1. The summed E-state index contributed by atoms with van der Waals surface area (Å²) < 4.78 is 31.4. The molecule has 0 bridgehead atoms. The highest BCUT2D eigenvalue weighted by Gasteiger charge is 2.17. The van der Waals surface area contributed by atoms with Crippen LogP contribution in [0.1, 0.15) is 40.1 Å². The van der Waals surface area contributed by atoms with E-state index in [1.165, 1.54) is 24.3 Å². The summed E-state index contributed by atoms with van der Waals surface area (Å²) in [5, 5.41) is 0. The van der Waals surface area contributed by atoms with E-state index < -0.39 is 22.6 Å². The standard InChI is InChI=1S/C19H21NO5S/c1-3-14-8-10-15(11-9-14)18(21)13-25-19(22)16-6-5-7-17(12-16)26(23,24)20-4-2/h5-12,20H,3-4,13H2,1-2H3. The van der Waals surface area contributed by atoms with Crippen LogP contribution in [0.2, 0.25) is 0 Å². The molecule has 2 rings (SSSR count). The van der Waals surface area contributed by atoms with E-state index in [2.05, 4.69) is 4.72 Å². The zero-order valence-corrected chi connectivity index (χ0v) is 15.5. The maximum Gasteiger partial charge on any atom is 0.338 e. The fourth-order valence-corrected chi connectivity index (χ4v) is 3.37. The van der Waals surface area contributed by atoms with Crippen LogP contribution >= 0.6 is 0 Å². The number of Topliss-reactive ketones (excluding diaryl/α,β-unsaturated/α-hetero) is 1. The monoisotopic (exact) mass is 375 g/mol. The summed E-state index contributed by atoms with van der Waals surface area (Å²) in [5.74, 6) is -1.07. The summed E-state index contributed by atoms with van der Waals surface area (Å²) in [7, 11) is -3.67. The molecule has 0 aliphatic rings. The van der Waals surface area contributed by atoms with Gasteiger partial charge in [0.15, 0.2) is 12.4 Å². The second kappa shape index (κ2) is 8.73. The molecule has 2 aromatic rings. The summed E-state index contributed by atoms with van der Waals surface area (Å²) in [5.41, 5.74) is 1.63. The lowest BCUT2D eigenvalue weighted by molar-refractivity contribution is 0.0474. The summed E-state index contributed by atoms with van der Waals surface area (Å²) >= 11 is 0. The van der Waals surface area contributed by atoms with Crippen LogP contribution in [-0.4, -0.2) is 33.3 Å². The number of esters is 1. The molecule has 2 aromatic carbocycles. The fourth-order valence-electron chi connectivity index (χ4n) is 2.29. The number of sulfonamides is 1. The van der Waals surface area contributed by atoms with Crippen molar-refractivity contribution < 1.29 is 22.7 Å². The Morgan fingerprint density at radius 3 is 2.31 bits per heavy atom. The normalized spacial score (nSPS) is 11.2. The Hall–Kier alpha value is -2.51. The molecule has 0 unspecified atom stereocenters. The highest BCUT2D eigenvalue weighted by Crippen LogP contribution is 2.13. The third-order valence-electron chi connectivity index (χ3n) is 3.73. The van der Waals surface area contributed by atoms with Crippen molar-refractivity contribution >= 4 is 21.8 Å². The van der Waals surface area contributed by atoms with Crippen LogP contribution in [0.4, 0.5) is 0 Å². The van der Waals surface area contributed by atoms with Gasteiger partial charge in [-0.15, -0.1) is 0 Å². The molecule has 0 amide bonds. The van der Waals surface area contributed by atoms with Crippen molar-refractivity contribution in [2.75, 3.05) is 13.2 Å². The van der Waals surface area contributed by atoms with Crippen LogP contribution in [-0.2, 0) is 21.2 Å². The van der Waals surface area contributed by atoms with Gasteiger partial charge < -0.3 is 4.74 Å². The number of rotatable bonds is 8. The molecule has 0 aliphatic carbocycles. The molecule has 26 heavy (non-hydrogen) atoms. The average Bonchev–Trinajstić information content (AvgIpc) is 2.66. The van der Waals surface area contributed by atoms with Gasteiger partial charge in [0.05, 0.1) is 10.5 Å². The first-order valence-electron chi connectivity index (χ1n) is 8.26. The van der Waals surface area contributed by atoms with Crippen LogP contribution in [0.25, 0.3) is 0 Å². The Labute approximate surface area is 153 Å². The molecule has 0 saturated heterocycles. The maximum atomic E-state index is 12.1. The summed E-state index contributed by atoms with van der Waals surface area (Å²) in [6.45, 7) is 3.51. The van der Waals surface area contributed by atoms with Crippen molar-refractivity contribution in [3.8, 4) is 0 Å². The van der Waals surface area contributed by atoms with Crippen molar-refractivity contribution in [1.29, 1.82) is 0 Å². The molecule has 0 aliphatic heterocycles. The molecule has 6 nitrogen and oxygen atoms in total. The van der Waals surface area contributed by atoms with Crippen LogP contribution in [0, 0.1) is 0 Å². The molecular formula is C19H21NO5S. The minimum absolute atomic E-state index is 0.0321. The Balaban J connectivity index is 2.04. The van der Waals surface area contributed by atoms with E-state index in [1.807, 2.05) is 19.1 Å². The van der Waals surface area contributed by atoms with Gasteiger partial charge in [-0.3, -0.25) is 4.79 Å². The van der Waals surface area contributed by atoms with Gasteiger partial charge in [0.2, 0.25) is 10.0 Å². The van der Waals surface area contributed by atoms with Crippen molar-refractivity contribution in [3.05, 3.63) is 65.2 Å². The molecule has 1 N–H and O–H groups in total. The zero-order chi connectivity index (χ0) is 19.2. The molecule has 0 heterocycles. The predicted molar refractivity (Wildman–Crippen MR) is 97.7 cm³/mol. The first kappa shape index (κ1) is 19.8. The molecule has 0 spiro atoms. The van der Waals surface area contributed by atoms with Gasteiger partial charge in [-0.25, -0.2) is 17.9 Å². The minimum Gasteiger partial charge on any atom is -0.454 e. The van der Waals surface area contributed by atoms with Crippen LogP contribution in [0.5, 0.6) is 0 Å². The van der Waals surface area contributed by atoms with Crippen molar-refractivity contribution in [2.24, 2.45) is 0 Å². The smallest absolute Gasteiger partial charge is 0.338 e. The molecule has 0 radical (unpaired) electrons. The molecule has 138 valence electrons. The van der Waals surface area contributed by atoms with Gasteiger partial charge in [0.25, 0.3) is 0 Å². The van der Waals surface area contributed by atoms with Crippen LogP contribution in [0.15, 0.2) is 53.4 Å². The third kappa shape index (κ3) is 5.00. The fraction of sp³-hybridized carbons (Fsp3) is 0.263. The van der Waals surface area contributed by atoms with Gasteiger partial charge in [-0.2, -0.15) is 0 Å². The highest BCUT2D eigenvalue weighted by atomic mass is 32.2. The van der Waals surface area contributed by atoms with Crippen molar-refractivity contribution in [2.45, 2.75) is 25.2 Å². The Morgan fingerprint density at radius 2 is 1.69 bits per heavy atom. The van der Waals surface area contributed by atoms with E-state index in [0.29, 0.717) is 5.56 Å². The van der Waals surface area contributed by atoms with Crippen molar-refractivity contribution in [3.63, 3.8) is 0 Å². The van der Waals surface area contributed by atoms with Crippen LogP contribution < -0.4 is 4.72 Å². The maximum absolute atomic E-state index is 12.1. The third-order valence-corrected chi connectivity index (χ3v) is 5.28. The van der Waals surface area contributed by atoms with Gasteiger partial charge in [0, 0.05) is 12.1 Å². The second-order valence-corrected chi connectivity index (χ2v) is 7.35. The number of hydrogen-bond donors (Lipinski definition) is 1. The number of aryl methyl sites for hydroxylation is 1. The zero-order valence-electron chi connectivity index (χ0n) is 14.7. The lowest BCUT2D eigenvalue weighted by atomic mass is 10.1. The number of carbonyl (C=O) groups excluding carboxylic acids is 2. The first-order valence-corrected chi connectivity index (χ1v) is 9.74. The summed E-state index contributed by atoms with van der Waals surface area (Å²) in [6.07, 6.45) is 0.871. The van der Waals surface area contributed by atoms with Crippen LogP contribution in [0.3, 0.4) is 0 Å². The van der Waals surface area contributed by atoms with Gasteiger partial charge >= 0.3 is 5.97 Å². The Morgan fingerprint density at radius 1 is 1.00 bits per heavy atom. The lowest BCUT2D eigenvalue weighted by Crippen LogP contribution is -2.23. The van der Waals surface area contributed by atoms with Gasteiger partial charge in [-0.05, 0) is 30.2 Å². The van der Waals surface area contributed by atoms with Crippen molar-refractivity contribution in [1.82, 2.24) is 4.72 Å². The molecule has 0 fully saturated rings. The largest absolute Gasteiger partial charge is 0.454 e.